The first-order valence-electron chi connectivity index (χ1n) is 8.12. The third kappa shape index (κ3) is 5.54. The van der Waals surface area contributed by atoms with Gasteiger partial charge >= 0.3 is 5.97 Å². The van der Waals surface area contributed by atoms with Crippen LogP contribution in [0.5, 0.6) is 0 Å². The molecule has 0 fully saturated rings. The van der Waals surface area contributed by atoms with Crippen LogP contribution in [0, 0.1) is 0 Å². The molecule has 0 aliphatic rings. The Hall–Kier alpha value is -2.62. The van der Waals surface area contributed by atoms with Crippen molar-refractivity contribution in [1.29, 1.82) is 0 Å². The number of rotatable bonds is 7. The molecule has 0 aromatic heterocycles. The Labute approximate surface area is 142 Å². The second kappa shape index (κ2) is 8.87. The van der Waals surface area contributed by atoms with E-state index in [1.807, 2.05) is 43.3 Å². The zero-order valence-corrected chi connectivity index (χ0v) is 14.1. The SMILES string of the molecule is CC(=O)OC(C(=O)NC(C)CCc1ccccc1)c1ccccc1. The number of ether oxygens (including phenoxy) is 1. The summed E-state index contributed by atoms with van der Waals surface area (Å²) in [5, 5.41) is 2.94. The molecule has 0 bridgehead atoms. The first kappa shape index (κ1) is 17.7. The van der Waals surface area contributed by atoms with Crippen molar-refractivity contribution in [3.63, 3.8) is 0 Å². The predicted octanol–water partition coefficient (Wildman–Crippen LogP) is 3.43. The highest BCUT2D eigenvalue weighted by Crippen LogP contribution is 2.18. The number of hydrogen-bond acceptors (Lipinski definition) is 3. The van der Waals surface area contributed by atoms with Crippen molar-refractivity contribution in [2.45, 2.75) is 38.8 Å². The topological polar surface area (TPSA) is 55.4 Å². The summed E-state index contributed by atoms with van der Waals surface area (Å²) >= 11 is 0. The summed E-state index contributed by atoms with van der Waals surface area (Å²) in [5.74, 6) is -0.770. The van der Waals surface area contributed by atoms with Gasteiger partial charge in [0.1, 0.15) is 0 Å². The summed E-state index contributed by atoms with van der Waals surface area (Å²) < 4.78 is 5.21. The fraction of sp³-hybridized carbons (Fsp3) is 0.300. The smallest absolute Gasteiger partial charge is 0.303 e. The largest absolute Gasteiger partial charge is 0.447 e. The normalized spacial score (nSPS) is 12.9. The Balaban J connectivity index is 1.95. The minimum Gasteiger partial charge on any atom is -0.447 e. The summed E-state index contributed by atoms with van der Waals surface area (Å²) in [6.45, 7) is 3.26. The van der Waals surface area contributed by atoms with E-state index in [4.69, 9.17) is 4.74 Å². The molecule has 2 atom stereocenters. The zero-order chi connectivity index (χ0) is 17.4. The van der Waals surface area contributed by atoms with Gasteiger partial charge in [0.25, 0.3) is 5.91 Å². The van der Waals surface area contributed by atoms with E-state index < -0.39 is 12.1 Å². The van der Waals surface area contributed by atoms with Gasteiger partial charge in [-0.25, -0.2) is 0 Å². The maximum Gasteiger partial charge on any atom is 0.303 e. The van der Waals surface area contributed by atoms with Gasteiger partial charge in [-0.3, -0.25) is 9.59 Å². The fourth-order valence-corrected chi connectivity index (χ4v) is 2.49. The zero-order valence-electron chi connectivity index (χ0n) is 14.1. The number of carbonyl (C=O) groups is 2. The number of amides is 1. The lowest BCUT2D eigenvalue weighted by Gasteiger charge is -2.20. The van der Waals surface area contributed by atoms with E-state index in [0.29, 0.717) is 5.56 Å². The summed E-state index contributed by atoms with van der Waals surface area (Å²) in [6, 6.07) is 19.2. The highest BCUT2D eigenvalue weighted by atomic mass is 16.5. The van der Waals surface area contributed by atoms with Gasteiger partial charge in [0, 0.05) is 18.5 Å². The molecule has 1 N–H and O–H groups in total. The molecule has 0 aliphatic carbocycles. The van der Waals surface area contributed by atoms with E-state index in [2.05, 4.69) is 17.4 Å². The van der Waals surface area contributed by atoms with Crippen LogP contribution < -0.4 is 5.32 Å². The molecule has 2 aromatic rings. The van der Waals surface area contributed by atoms with Crippen LogP contribution >= 0.6 is 0 Å². The van der Waals surface area contributed by atoms with Gasteiger partial charge in [-0.15, -0.1) is 0 Å². The minimum atomic E-state index is -0.914. The third-order valence-electron chi connectivity index (χ3n) is 3.72. The van der Waals surface area contributed by atoms with E-state index in [-0.39, 0.29) is 11.9 Å². The Morgan fingerprint density at radius 2 is 1.58 bits per heavy atom. The first-order chi connectivity index (χ1) is 11.6. The maximum absolute atomic E-state index is 12.5. The second-order valence-corrected chi connectivity index (χ2v) is 5.83. The quantitative estimate of drug-likeness (QED) is 0.794. The van der Waals surface area contributed by atoms with Crippen LogP contribution in [0.4, 0.5) is 0 Å². The highest BCUT2D eigenvalue weighted by Gasteiger charge is 2.24. The number of carbonyl (C=O) groups excluding carboxylic acids is 2. The van der Waals surface area contributed by atoms with Crippen molar-refractivity contribution in [3.05, 3.63) is 71.8 Å². The molecule has 4 heteroatoms. The summed E-state index contributed by atoms with van der Waals surface area (Å²) in [4.78, 5) is 23.8. The molecule has 2 rings (SSSR count). The van der Waals surface area contributed by atoms with Crippen LogP contribution in [0.25, 0.3) is 0 Å². The molecular formula is C20H23NO3. The third-order valence-corrected chi connectivity index (χ3v) is 3.72. The molecule has 2 aromatic carbocycles. The first-order valence-corrected chi connectivity index (χ1v) is 8.12. The van der Waals surface area contributed by atoms with Crippen molar-refractivity contribution >= 4 is 11.9 Å². The average Bonchev–Trinajstić information content (AvgIpc) is 2.59. The van der Waals surface area contributed by atoms with Gasteiger partial charge in [0.15, 0.2) is 0 Å². The molecule has 24 heavy (non-hydrogen) atoms. The summed E-state index contributed by atoms with van der Waals surface area (Å²) in [7, 11) is 0. The Kier molecular flexibility index (Phi) is 6.55. The van der Waals surface area contributed by atoms with Gasteiger partial charge < -0.3 is 10.1 Å². The molecule has 0 radical (unpaired) electrons. The van der Waals surface area contributed by atoms with Crippen molar-refractivity contribution in [3.8, 4) is 0 Å². The van der Waals surface area contributed by atoms with Gasteiger partial charge in [-0.1, -0.05) is 60.7 Å². The Bertz CT molecular complexity index is 655. The van der Waals surface area contributed by atoms with E-state index in [0.717, 1.165) is 12.8 Å². The standard InChI is InChI=1S/C20H23NO3/c1-15(13-14-17-9-5-3-6-10-17)21-20(23)19(24-16(2)22)18-11-7-4-8-12-18/h3-12,15,19H,13-14H2,1-2H3,(H,21,23). The summed E-state index contributed by atoms with van der Waals surface area (Å²) in [5.41, 5.74) is 1.90. The molecule has 2 unspecified atom stereocenters. The molecule has 0 saturated heterocycles. The van der Waals surface area contributed by atoms with Crippen LogP contribution in [0.3, 0.4) is 0 Å². The van der Waals surface area contributed by atoms with Crippen molar-refractivity contribution in [1.82, 2.24) is 5.32 Å². The number of esters is 1. The monoisotopic (exact) mass is 325 g/mol. The Morgan fingerprint density at radius 1 is 1.00 bits per heavy atom. The number of nitrogens with one attached hydrogen (secondary N) is 1. The van der Waals surface area contributed by atoms with Crippen LogP contribution in [-0.4, -0.2) is 17.9 Å². The lowest BCUT2D eigenvalue weighted by molar-refractivity contribution is -0.154. The van der Waals surface area contributed by atoms with Crippen molar-refractivity contribution in [2.24, 2.45) is 0 Å². The van der Waals surface area contributed by atoms with Gasteiger partial charge in [-0.05, 0) is 25.3 Å². The maximum atomic E-state index is 12.5. The highest BCUT2D eigenvalue weighted by molar-refractivity contribution is 5.84. The van der Waals surface area contributed by atoms with Gasteiger partial charge in [-0.2, -0.15) is 0 Å². The molecule has 0 aliphatic heterocycles. The van der Waals surface area contributed by atoms with Crippen LogP contribution in [0.1, 0.15) is 37.5 Å². The number of aryl methyl sites for hydroxylation is 1. The fourth-order valence-electron chi connectivity index (χ4n) is 2.49. The molecular weight excluding hydrogens is 302 g/mol. The predicted molar refractivity (Wildman–Crippen MR) is 93.3 cm³/mol. The molecule has 0 saturated carbocycles. The van der Waals surface area contributed by atoms with Gasteiger partial charge in [0.05, 0.1) is 0 Å². The molecule has 0 spiro atoms. The summed E-state index contributed by atoms with van der Waals surface area (Å²) in [6.07, 6.45) is 0.784. The molecule has 126 valence electrons. The van der Waals surface area contributed by atoms with Crippen LogP contribution in [0.15, 0.2) is 60.7 Å². The molecule has 1 amide bonds. The number of benzene rings is 2. The number of hydrogen-bond donors (Lipinski definition) is 1. The Morgan fingerprint density at radius 3 is 2.17 bits per heavy atom. The minimum absolute atomic E-state index is 0.0144. The van der Waals surface area contributed by atoms with Crippen LogP contribution in [0.2, 0.25) is 0 Å². The van der Waals surface area contributed by atoms with E-state index in [9.17, 15) is 9.59 Å². The van der Waals surface area contributed by atoms with Crippen LogP contribution in [-0.2, 0) is 20.7 Å². The average molecular weight is 325 g/mol. The second-order valence-electron chi connectivity index (χ2n) is 5.83. The molecule has 4 nitrogen and oxygen atoms in total. The van der Waals surface area contributed by atoms with Crippen molar-refractivity contribution in [2.75, 3.05) is 0 Å². The van der Waals surface area contributed by atoms with Gasteiger partial charge in [0.2, 0.25) is 6.10 Å². The lowest BCUT2D eigenvalue weighted by atomic mass is 10.0. The van der Waals surface area contributed by atoms with E-state index in [1.54, 1.807) is 12.1 Å². The molecule has 0 heterocycles. The lowest BCUT2D eigenvalue weighted by Crippen LogP contribution is -2.38. The van der Waals surface area contributed by atoms with E-state index >= 15 is 0 Å². The van der Waals surface area contributed by atoms with E-state index in [1.165, 1.54) is 12.5 Å². The van der Waals surface area contributed by atoms with Crippen molar-refractivity contribution < 1.29 is 14.3 Å².